The molecule has 2 heterocycles. The summed E-state index contributed by atoms with van der Waals surface area (Å²) in [6.45, 7) is 4.80. The van der Waals surface area contributed by atoms with Crippen LogP contribution in [0.1, 0.15) is 70.9 Å². The van der Waals surface area contributed by atoms with Gasteiger partial charge in [-0.1, -0.05) is 43.2 Å². The second-order valence-corrected chi connectivity index (χ2v) is 17.6. The van der Waals surface area contributed by atoms with Crippen molar-refractivity contribution in [2.45, 2.75) is 62.1 Å². The zero-order chi connectivity index (χ0) is 44.7. The van der Waals surface area contributed by atoms with E-state index in [1.165, 1.54) is 24.3 Å². The molecule has 0 aliphatic carbocycles. The van der Waals surface area contributed by atoms with E-state index in [4.69, 9.17) is 5.26 Å². The van der Waals surface area contributed by atoms with E-state index in [1.807, 2.05) is 12.1 Å². The smallest absolute Gasteiger partial charge is 0.385 e. The molecule has 0 spiro atoms. The monoisotopic (exact) mass is 874 g/mol. The zero-order valence-corrected chi connectivity index (χ0v) is 34.8. The van der Waals surface area contributed by atoms with Gasteiger partial charge in [0, 0.05) is 56.6 Å². The number of nitrogens with zero attached hydrogens (tertiary/aromatic N) is 4. The van der Waals surface area contributed by atoms with Crippen LogP contribution >= 0.6 is 0 Å². The maximum atomic E-state index is 14.9. The van der Waals surface area contributed by atoms with Crippen LogP contribution in [-0.2, 0) is 33.6 Å². The lowest BCUT2D eigenvalue weighted by Crippen LogP contribution is -2.49. The van der Waals surface area contributed by atoms with Crippen LogP contribution in [0.25, 0.3) is 10.8 Å². The molecule has 326 valence electrons. The fourth-order valence-electron chi connectivity index (χ4n) is 7.46. The Morgan fingerprint density at radius 3 is 2.27 bits per heavy atom. The number of rotatable bonds is 17. The second-order valence-electron chi connectivity index (χ2n) is 15.7. The minimum absolute atomic E-state index is 0.00720. The number of nitriles is 1. The standard InChI is InChI=1S/C45H46F4N6O6S/c1-44(59,41(56)27-31-10-12-32(28-50)38(25-31)45(47,48)49)29-62(60,61)34-15-13-33(14-16-34)51-18-6-2-3-7-19-54-20-22-55(23-21-54)43(58)37-24-30(11-17-39(37)46)26-40-35-8-4-5-9-36(35)42(57)53-52-40/h4-5,8-17,24-25,51,59H,2-3,6-7,18-23,26-27,29H2,1H3,(H,53,57). The summed E-state index contributed by atoms with van der Waals surface area (Å²) in [6.07, 6.45) is -1.45. The van der Waals surface area contributed by atoms with Gasteiger partial charge in [-0.25, -0.2) is 17.9 Å². The first-order valence-corrected chi connectivity index (χ1v) is 21.8. The van der Waals surface area contributed by atoms with E-state index in [9.17, 15) is 45.5 Å². The first-order valence-electron chi connectivity index (χ1n) is 20.1. The number of aromatic amines is 1. The Morgan fingerprint density at radius 1 is 0.903 bits per heavy atom. The summed E-state index contributed by atoms with van der Waals surface area (Å²) in [7, 11) is -4.17. The quantitative estimate of drug-likeness (QED) is 0.0709. The zero-order valence-electron chi connectivity index (χ0n) is 34.0. The van der Waals surface area contributed by atoms with Crippen LogP contribution in [0, 0.1) is 17.1 Å². The molecule has 0 bridgehead atoms. The van der Waals surface area contributed by atoms with E-state index >= 15 is 0 Å². The van der Waals surface area contributed by atoms with Crippen molar-refractivity contribution in [3.05, 3.63) is 135 Å². The predicted molar refractivity (Wildman–Crippen MR) is 225 cm³/mol. The number of ketones is 1. The van der Waals surface area contributed by atoms with E-state index < -0.39 is 56.5 Å². The summed E-state index contributed by atoms with van der Waals surface area (Å²) in [4.78, 5) is 42.3. The van der Waals surface area contributed by atoms with E-state index in [0.29, 0.717) is 72.9 Å². The number of nitrogens with one attached hydrogen (secondary N) is 2. The number of H-pyrrole nitrogens is 1. The number of aromatic nitrogens is 2. The minimum atomic E-state index is -4.84. The molecule has 62 heavy (non-hydrogen) atoms. The summed E-state index contributed by atoms with van der Waals surface area (Å²) in [5, 5.41) is 31.0. The number of hydrogen-bond acceptors (Lipinski definition) is 10. The largest absolute Gasteiger partial charge is 0.417 e. The third-order valence-corrected chi connectivity index (χ3v) is 12.9. The summed E-state index contributed by atoms with van der Waals surface area (Å²) < 4.78 is 81.2. The van der Waals surface area contributed by atoms with Gasteiger partial charge in [-0.2, -0.15) is 23.5 Å². The third kappa shape index (κ3) is 11.3. The predicted octanol–water partition coefficient (Wildman–Crippen LogP) is 6.31. The van der Waals surface area contributed by atoms with E-state index in [-0.39, 0.29) is 27.5 Å². The van der Waals surface area contributed by atoms with E-state index in [1.54, 1.807) is 41.3 Å². The number of aliphatic hydroxyl groups is 1. The molecule has 1 aromatic heterocycles. The van der Waals surface area contributed by atoms with Crippen molar-refractivity contribution in [3.8, 4) is 6.07 Å². The highest BCUT2D eigenvalue weighted by Gasteiger charge is 2.38. The molecule has 1 aliphatic heterocycles. The topological polar surface area (TPSA) is 177 Å². The lowest BCUT2D eigenvalue weighted by molar-refractivity contribution is -0.138. The molecule has 0 saturated carbocycles. The number of carbonyl (C=O) groups excluding carboxylic acids is 2. The van der Waals surface area contributed by atoms with Crippen molar-refractivity contribution in [1.82, 2.24) is 20.0 Å². The first-order chi connectivity index (χ1) is 29.4. The molecule has 3 N–H and O–H groups in total. The Hall–Kier alpha value is -5.96. The first kappa shape index (κ1) is 45.6. The molecule has 1 atom stereocenters. The van der Waals surface area contributed by atoms with Gasteiger partial charge >= 0.3 is 6.18 Å². The molecule has 4 aromatic carbocycles. The molecular formula is C45H46F4N6O6S. The average molecular weight is 875 g/mol. The summed E-state index contributed by atoms with van der Waals surface area (Å²) in [6, 6.07) is 21.6. The number of piperazine rings is 1. The molecule has 5 aromatic rings. The Balaban J connectivity index is 0.887. The number of Topliss-reactive ketones (excluding diaryl/α,β-unsaturated/α-hetero) is 1. The highest BCUT2D eigenvalue weighted by molar-refractivity contribution is 7.91. The molecule has 1 unspecified atom stereocenters. The van der Waals surface area contributed by atoms with Crippen molar-refractivity contribution in [2.24, 2.45) is 0 Å². The van der Waals surface area contributed by atoms with Gasteiger partial charge in [0.25, 0.3) is 11.5 Å². The molecule has 17 heteroatoms. The van der Waals surface area contributed by atoms with Crippen LogP contribution < -0.4 is 10.9 Å². The van der Waals surface area contributed by atoms with E-state index in [0.717, 1.165) is 51.3 Å². The fraction of sp³-hybridized carbons (Fsp3) is 0.356. The molecular weight excluding hydrogens is 829 g/mol. The summed E-state index contributed by atoms with van der Waals surface area (Å²) in [5.41, 5.74) is -2.64. The number of unbranched alkanes of at least 4 members (excludes halogenated alkanes) is 3. The van der Waals surface area contributed by atoms with Crippen LogP contribution in [0.3, 0.4) is 0 Å². The van der Waals surface area contributed by atoms with Crippen LogP contribution in [0.2, 0.25) is 0 Å². The number of alkyl halides is 3. The number of halogens is 4. The maximum Gasteiger partial charge on any atom is 0.417 e. The van der Waals surface area contributed by atoms with E-state index in [2.05, 4.69) is 20.4 Å². The number of sulfone groups is 1. The van der Waals surface area contributed by atoms with Crippen molar-refractivity contribution >= 4 is 38.0 Å². The average Bonchev–Trinajstić information content (AvgIpc) is 3.24. The molecule has 1 aliphatic rings. The third-order valence-electron chi connectivity index (χ3n) is 11.0. The Morgan fingerprint density at radius 2 is 1.58 bits per heavy atom. The number of fused-ring (bicyclic) bond motifs is 1. The van der Waals surface area contributed by atoms with Crippen LogP contribution in [0.5, 0.6) is 0 Å². The molecule has 12 nitrogen and oxygen atoms in total. The molecule has 1 saturated heterocycles. The summed E-state index contributed by atoms with van der Waals surface area (Å²) >= 11 is 0. The van der Waals surface area contributed by atoms with Gasteiger partial charge in [-0.3, -0.25) is 19.3 Å². The van der Waals surface area contributed by atoms with Gasteiger partial charge in [-0.05, 0) is 92.0 Å². The summed E-state index contributed by atoms with van der Waals surface area (Å²) in [5.74, 6) is -2.92. The highest BCUT2D eigenvalue weighted by atomic mass is 32.2. The van der Waals surface area contributed by atoms with Crippen LogP contribution in [0.15, 0.2) is 94.6 Å². The molecule has 1 amide bonds. The fourth-order valence-corrected chi connectivity index (χ4v) is 9.08. The van der Waals surface area contributed by atoms with Gasteiger partial charge in [0.2, 0.25) is 0 Å². The van der Waals surface area contributed by atoms with Crippen molar-refractivity contribution in [2.75, 3.05) is 50.3 Å². The van der Waals surface area contributed by atoms with Gasteiger partial charge in [0.1, 0.15) is 11.4 Å². The highest BCUT2D eigenvalue weighted by Crippen LogP contribution is 2.33. The van der Waals surface area contributed by atoms with Gasteiger partial charge in [0.15, 0.2) is 15.6 Å². The molecule has 6 rings (SSSR count). The van der Waals surface area contributed by atoms with Crippen LogP contribution in [0.4, 0.5) is 23.2 Å². The lowest BCUT2D eigenvalue weighted by atomic mass is 9.94. The number of hydrogen-bond donors (Lipinski definition) is 3. The van der Waals surface area contributed by atoms with Crippen molar-refractivity contribution in [3.63, 3.8) is 0 Å². The van der Waals surface area contributed by atoms with Crippen LogP contribution in [-0.4, -0.2) is 95.8 Å². The maximum absolute atomic E-state index is 14.9. The lowest BCUT2D eigenvalue weighted by Gasteiger charge is -2.35. The van der Waals surface area contributed by atoms with Gasteiger partial charge in [0.05, 0.1) is 44.5 Å². The van der Waals surface area contributed by atoms with Gasteiger partial charge in [-0.15, -0.1) is 0 Å². The van der Waals surface area contributed by atoms with Crippen molar-refractivity contribution in [1.29, 1.82) is 5.26 Å². The Bertz CT molecular complexity index is 2640. The Labute approximate surface area is 356 Å². The molecule has 0 radical (unpaired) electrons. The number of carbonyl (C=O) groups is 2. The number of benzene rings is 4. The van der Waals surface area contributed by atoms with Gasteiger partial charge < -0.3 is 15.3 Å². The number of amides is 1. The second kappa shape index (κ2) is 19.4. The normalized spacial score (nSPS) is 14.6. The van der Waals surface area contributed by atoms with Crippen molar-refractivity contribution < 1.29 is 40.7 Å². The SMILES string of the molecule is CC(O)(CS(=O)(=O)c1ccc(NCCCCCCN2CCN(C(=O)c3cc(Cc4n[nH]c(=O)c5ccccc45)ccc3F)CC2)cc1)C(=O)Cc1ccc(C#N)c(C(F)(F)F)c1. The minimum Gasteiger partial charge on any atom is -0.385 e. The number of anilines is 1. The molecule has 1 fully saturated rings. The Kier molecular flexibility index (Phi) is 14.3.